The molecule has 0 bridgehead atoms. The smallest absolute Gasteiger partial charge is 0.0974 e. The van der Waals surface area contributed by atoms with Crippen molar-refractivity contribution in [3.05, 3.63) is 71.3 Å². The normalized spacial score (nSPS) is 19.3. The largest absolute Gasteiger partial charge is 0.384 e. The van der Waals surface area contributed by atoms with Crippen LogP contribution in [0.5, 0.6) is 0 Å². The van der Waals surface area contributed by atoms with Crippen LogP contribution in [0, 0.1) is 6.92 Å². The van der Waals surface area contributed by atoms with Gasteiger partial charge >= 0.3 is 0 Å². The molecule has 1 fully saturated rings. The summed E-state index contributed by atoms with van der Waals surface area (Å²) in [5.74, 6) is 0.0273. The highest BCUT2D eigenvalue weighted by Crippen LogP contribution is 2.40. The fourth-order valence-electron chi connectivity index (χ4n) is 3.75. The number of rotatable bonds is 6. The predicted octanol–water partition coefficient (Wildman–Crippen LogP) is 3.71. The Kier molecular flexibility index (Phi) is 5.89. The van der Waals surface area contributed by atoms with Gasteiger partial charge in [-0.05, 0) is 24.5 Å². The summed E-state index contributed by atoms with van der Waals surface area (Å²) < 4.78 is 5.49. The molecule has 3 heteroatoms. The lowest BCUT2D eigenvalue weighted by Crippen LogP contribution is -2.44. The lowest BCUT2D eigenvalue weighted by atomic mass is 9.75. The summed E-state index contributed by atoms with van der Waals surface area (Å²) in [6.07, 6.45) is 0.681. The molecule has 25 heavy (non-hydrogen) atoms. The number of hydrogen-bond acceptors (Lipinski definition) is 3. The average Bonchev–Trinajstić information content (AvgIpc) is 2.67. The topological polar surface area (TPSA) is 32.7 Å². The summed E-state index contributed by atoms with van der Waals surface area (Å²) in [6, 6.07) is 18.8. The van der Waals surface area contributed by atoms with E-state index in [1.807, 2.05) is 6.07 Å². The lowest BCUT2D eigenvalue weighted by Gasteiger charge is -2.40. The third kappa shape index (κ3) is 4.12. The van der Waals surface area contributed by atoms with E-state index in [4.69, 9.17) is 4.74 Å². The van der Waals surface area contributed by atoms with Gasteiger partial charge in [0.25, 0.3) is 0 Å². The van der Waals surface area contributed by atoms with Crippen molar-refractivity contribution in [3.63, 3.8) is 0 Å². The van der Waals surface area contributed by atoms with E-state index < -0.39 is 5.60 Å². The van der Waals surface area contributed by atoms with Gasteiger partial charge in [-0.2, -0.15) is 0 Å². The van der Waals surface area contributed by atoms with Crippen LogP contribution < -0.4 is 0 Å². The van der Waals surface area contributed by atoms with Gasteiger partial charge in [0.1, 0.15) is 0 Å². The molecule has 1 aliphatic rings. The molecule has 0 saturated carbocycles. The van der Waals surface area contributed by atoms with Crippen LogP contribution >= 0.6 is 0 Å². The molecule has 2 aromatic carbocycles. The minimum atomic E-state index is -0.882. The van der Waals surface area contributed by atoms with Crippen molar-refractivity contribution < 1.29 is 9.84 Å². The van der Waals surface area contributed by atoms with Crippen molar-refractivity contribution >= 4 is 0 Å². The van der Waals surface area contributed by atoms with Crippen LogP contribution in [0.4, 0.5) is 0 Å². The van der Waals surface area contributed by atoms with Crippen molar-refractivity contribution in [2.24, 2.45) is 0 Å². The second kappa shape index (κ2) is 8.13. The summed E-state index contributed by atoms with van der Waals surface area (Å²) in [6.45, 7) is 8.40. The van der Waals surface area contributed by atoms with E-state index in [0.717, 1.165) is 38.4 Å². The lowest BCUT2D eigenvalue weighted by molar-refractivity contribution is -0.0250. The zero-order chi connectivity index (χ0) is 17.7. The van der Waals surface area contributed by atoms with Crippen LogP contribution in [-0.2, 0) is 10.3 Å². The molecule has 3 nitrogen and oxygen atoms in total. The summed E-state index contributed by atoms with van der Waals surface area (Å²) in [5.41, 5.74) is 2.53. The Morgan fingerprint density at radius 1 is 1.04 bits per heavy atom. The summed E-state index contributed by atoms with van der Waals surface area (Å²) in [7, 11) is 0. The molecule has 3 rings (SSSR count). The van der Waals surface area contributed by atoms with Crippen LogP contribution in [0.2, 0.25) is 0 Å². The molecule has 1 N–H and O–H groups in total. The number of nitrogens with zero attached hydrogens (tertiary/aromatic N) is 1. The molecule has 0 spiro atoms. The molecule has 0 radical (unpaired) electrons. The van der Waals surface area contributed by atoms with Gasteiger partial charge in [-0.25, -0.2) is 0 Å². The van der Waals surface area contributed by atoms with Crippen molar-refractivity contribution in [1.82, 2.24) is 4.90 Å². The van der Waals surface area contributed by atoms with E-state index >= 15 is 0 Å². The van der Waals surface area contributed by atoms with Crippen LogP contribution in [0.15, 0.2) is 54.6 Å². The first kappa shape index (κ1) is 18.1. The first-order valence-corrected chi connectivity index (χ1v) is 9.28. The van der Waals surface area contributed by atoms with Gasteiger partial charge < -0.3 is 9.84 Å². The minimum absolute atomic E-state index is 0.0273. The SMILES string of the molecule is CC[C@@](O)(c1ccc(C)cc1)[C@H](CN1CCOCC1)c1ccccc1. The van der Waals surface area contributed by atoms with Gasteiger partial charge in [-0.1, -0.05) is 67.1 Å². The Morgan fingerprint density at radius 2 is 1.68 bits per heavy atom. The highest BCUT2D eigenvalue weighted by Gasteiger charge is 2.39. The maximum absolute atomic E-state index is 11.8. The van der Waals surface area contributed by atoms with E-state index in [1.165, 1.54) is 11.1 Å². The number of hydrogen-bond donors (Lipinski definition) is 1. The van der Waals surface area contributed by atoms with E-state index in [-0.39, 0.29) is 5.92 Å². The molecular weight excluding hydrogens is 310 g/mol. The van der Waals surface area contributed by atoms with Gasteiger partial charge in [0, 0.05) is 25.6 Å². The predicted molar refractivity (Wildman–Crippen MR) is 102 cm³/mol. The third-order valence-corrected chi connectivity index (χ3v) is 5.41. The Hall–Kier alpha value is -1.68. The number of aryl methyl sites for hydroxylation is 1. The van der Waals surface area contributed by atoms with Crippen molar-refractivity contribution in [1.29, 1.82) is 0 Å². The Bertz CT molecular complexity index is 649. The third-order valence-electron chi connectivity index (χ3n) is 5.41. The fourth-order valence-corrected chi connectivity index (χ4v) is 3.75. The molecular formula is C22H29NO2. The number of benzene rings is 2. The van der Waals surface area contributed by atoms with Crippen LogP contribution in [0.1, 0.15) is 36.0 Å². The van der Waals surface area contributed by atoms with E-state index in [2.05, 4.69) is 67.3 Å². The standard InChI is InChI=1S/C22H29NO2/c1-3-22(24,20-11-9-18(2)10-12-20)21(19-7-5-4-6-8-19)17-23-13-15-25-16-14-23/h4-12,21,24H,3,13-17H2,1-2H3/t21-,22-/m1/s1. The number of morpholine rings is 1. The van der Waals surface area contributed by atoms with Crippen molar-refractivity contribution in [2.45, 2.75) is 31.8 Å². The second-order valence-corrected chi connectivity index (χ2v) is 7.02. The molecule has 0 aromatic heterocycles. The first-order chi connectivity index (χ1) is 12.1. The Balaban J connectivity index is 1.96. The second-order valence-electron chi connectivity index (χ2n) is 7.02. The summed E-state index contributed by atoms with van der Waals surface area (Å²) >= 11 is 0. The summed E-state index contributed by atoms with van der Waals surface area (Å²) in [5, 5.41) is 11.8. The Labute approximate surface area is 151 Å². The number of aliphatic hydroxyl groups is 1. The molecule has 0 unspecified atom stereocenters. The van der Waals surface area contributed by atoms with Gasteiger partial charge in [0.05, 0.1) is 18.8 Å². The molecule has 1 aliphatic heterocycles. The molecule has 0 amide bonds. The maximum Gasteiger partial charge on any atom is 0.0974 e. The van der Waals surface area contributed by atoms with E-state index in [1.54, 1.807) is 0 Å². The molecule has 2 atom stereocenters. The van der Waals surface area contributed by atoms with Gasteiger partial charge in [0.15, 0.2) is 0 Å². The monoisotopic (exact) mass is 339 g/mol. The van der Waals surface area contributed by atoms with Crippen molar-refractivity contribution in [2.75, 3.05) is 32.8 Å². The fraction of sp³-hybridized carbons (Fsp3) is 0.455. The van der Waals surface area contributed by atoms with Gasteiger partial charge in [-0.3, -0.25) is 4.90 Å². The van der Waals surface area contributed by atoms with E-state index in [0.29, 0.717) is 6.42 Å². The molecule has 134 valence electrons. The van der Waals surface area contributed by atoms with Gasteiger partial charge in [-0.15, -0.1) is 0 Å². The van der Waals surface area contributed by atoms with Crippen LogP contribution in [0.25, 0.3) is 0 Å². The average molecular weight is 339 g/mol. The minimum Gasteiger partial charge on any atom is -0.384 e. The molecule has 1 heterocycles. The highest BCUT2D eigenvalue weighted by molar-refractivity contribution is 5.33. The number of ether oxygens (including phenoxy) is 1. The molecule has 1 saturated heterocycles. The molecule has 2 aromatic rings. The quantitative estimate of drug-likeness (QED) is 0.871. The Morgan fingerprint density at radius 3 is 2.28 bits per heavy atom. The first-order valence-electron chi connectivity index (χ1n) is 9.28. The zero-order valence-electron chi connectivity index (χ0n) is 15.3. The van der Waals surface area contributed by atoms with Crippen molar-refractivity contribution in [3.8, 4) is 0 Å². The maximum atomic E-state index is 11.8. The summed E-state index contributed by atoms with van der Waals surface area (Å²) in [4.78, 5) is 2.41. The van der Waals surface area contributed by atoms with Crippen LogP contribution in [0.3, 0.4) is 0 Å². The van der Waals surface area contributed by atoms with E-state index in [9.17, 15) is 5.11 Å². The van der Waals surface area contributed by atoms with Crippen LogP contribution in [-0.4, -0.2) is 42.9 Å². The zero-order valence-corrected chi connectivity index (χ0v) is 15.3. The molecule has 0 aliphatic carbocycles. The van der Waals surface area contributed by atoms with Gasteiger partial charge in [0.2, 0.25) is 0 Å². The highest BCUT2D eigenvalue weighted by atomic mass is 16.5.